The van der Waals surface area contributed by atoms with E-state index in [9.17, 15) is 49.7 Å². The zero-order chi connectivity index (χ0) is 53.4. The standard InChI is InChI=1S/C54H71NO19/c1-28(2)8-19-40(58)29(3)54(63)43(25-39-37-18-11-32-24-34(57)20-22-52(32,5)38(37)21-23-53(39,54)6)71-49-46(69-30(4)56)44(41(59)26-67-49)73-50-47(72-48(61)31-9-14-35(66-7)15-10-31)45(42(60)27-68-50)74-51(62)70-36-16-12-33(13-17-36)55(64)65/h9-17,28-29,34,37-39,41-47,49-50,57,59-60,63H,8,18-27H2,1-7H3/t29-,34+,37-,38?,39+,41?,42?,43+,44?,45?,46?,47?,49?,50?,52+,53+,54-/m1/s1. The molecule has 5 fully saturated rings. The fourth-order valence-electron chi connectivity index (χ4n) is 13.1. The van der Waals surface area contributed by atoms with Crippen LogP contribution in [-0.2, 0) is 42.7 Å². The topological polar surface area (TPSA) is 275 Å². The molecule has 17 atom stereocenters. The third kappa shape index (κ3) is 10.8. The van der Waals surface area contributed by atoms with Gasteiger partial charge < -0.3 is 63.1 Å². The van der Waals surface area contributed by atoms with Gasteiger partial charge in [-0.15, -0.1) is 0 Å². The lowest BCUT2D eigenvalue weighted by atomic mass is 9.46. The van der Waals surface area contributed by atoms with Gasteiger partial charge in [-0.05, 0) is 117 Å². The SMILES string of the molecule is COc1ccc(C(=O)OC2C(OC3C(O)COC(O[C@H]4C[C@H]5[C@@H]6CC=C7C[C@@H](O)CC[C@]7(C)C6CC[C@]5(C)[C@@]4(O)[C@H](C)C(=O)CCC(C)C)C3OC(C)=O)OCC(O)C2OC(=O)Oc2ccc([N+](=O)[O-])cc2)cc1. The number of nitro groups is 1. The Morgan fingerprint density at radius 1 is 0.811 bits per heavy atom. The highest BCUT2D eigenvalue weighted by atomic mass is 16.8. The van der Waals surface area contributed by atoms with Gasteiger partial charge in [0, 0.05) is 36.8 Å². The maximum Gasteiger partial charge on any atom is 0.514 e. The van der Waals surface area contributed by atoms with Gasteiger partial charge in [0.1, 0.15) is 41.2 Å². The molecule has 0 aromatic heterocycles. The summed E-state index contributed by atoms with van der Waals surface area (Å²) in [6.45, 7) is 10.3. The summed E-state index contributed by atoms with van der Waals surface area (Å²) in [5.74, 6) is -2.07. The number of esters is 2. The summed E-state index contributed by atoms with van der Waals surface area (Å²) in [7, 11) is 1.44. The van der Waals surface area contributed by atoms with E-state index in [1.807, 2.05) is 13.8 Å². The van der Waals surface area contributed by atoms with E-state index in [2.05, 4.69) is 19.9 Å². The second-order valence-electron chi connectivity index (χ2n) is 21.9. The third-order valence-corrected chi connectivity index (χ3v) is 17.2. The van der Waals surface area contributed by atoms with Crippen LogP contribution in [0.15, 0.2) is 60.2 Å². The van der Waals surface area contributed by atoms with Crippen molar-refractivity contribution < 1.29 is 87.2 Å². The summed E-state index contributed by atoms with van der Waals surface area (Å²) in [5, 5.41) is 58.4. The van der Waals surface area contributed by atoms with Crippen LogP contribution in [0.5, 0.6) is 11.5 Å². The van der Waals surface area contributed by atoms with E-state index in [0.717, 1.165) is 50.5 Å². The lowest BCUT2D eigenvalue weighted by molar-refractivity contribution is -0.384. The summed E-state index contributed by atoms with van der Waals surface area (Å²) in [6, 6.07) is 10.3. The van der Waals surface area contributed by atoms with Crippen molar-refractivity contribution >= 4 is 29.6 Å². The van der Waals surface area contributed by atoms with Crippen molar-refractivity contribution in [3.8, 4) is 11.5 Å². The second kappa shape index (κ2) is 22.3. The quantitative estimate of drug-likeness (QED) is 0.0366. The Kier molecular flexibility index (Phi) is 16.6. The molecule has 6 aliphatic rings. The Labute approximate surface area is 430 Å². The highest BCUT2D eigenvalue weighted by Gasteiger charge is 2.70. The number of rotatable bonds is 16. The van der Waals surface area contributed by atoms with Gasteiger partial charge in [0.2, 0.25) is 0 Å². The highest BCUT2D eigenvalue weighted by Crippen LogP contribution is 2.69. The number of ether oxygens (including phenoxy) is 9. The van der Waals surface area contributed by atoms with Crippen molar-refractivity contribution in [3.63, 3.8) is 0 Å². The largest absolute Gasteiger partial charge is 0.514 e. The van der Waals surface area contributed by atoms with Gasteiger partial charge >= 0.3 is 18.1 Å². The van der Waals surface area contributed by atoms with E-state index >= 15 is 0 Å². The molecule has 0 radical (unpaired) electrons. The third-order valence-electron chi connectivity index (χ3n) is 17.2. The Bertz CT molecular complexity index is 2400. The summed E-state index contributed by atoms with van der Waals surface area (Å²) >= 11 is 0. The number of ketones is 1. The molecule has 2 aliphatic heterocycles. The molecular formula is C54H71NO19. The number of non-ortho nitro benzene ring substituents is 1. The van der Waals surface area contributed by atoms with Gasteiger partial charge in [0.05, 0.1) is 43.0 Å². The van der Waals surface area contributed by atoms with Crippen LogP contribution in [-0.4, -0.2) is 137 Å². The Morgan fingerprint density at radius 2 is 1.45 bits per heavy atom. The van der Waals surface area contributed by atoms with E-state index in [1.165, 1.54) is 36.9 Å². The van der Waals surface area contributed by atoms with Crippen LogP contribution in [0.25, 0.3) is 0 Å². The van der Waals surface area contributed by atoms with E-state index < -0.39 is 108 Å². The van der Waals surface area contributed by atoms with Crippen molar-refractivity contribution in [2.24, 2.45) is 40.4 Å². The number of nitro benzene ring substituents is 1. The average molecular weight is 1040 g/mol. The predicted molar refractivity (Wildman–Crippen MR) is 259 cm³/mol. The first-order chi connectivity index (χ1) is 35.1. The monoisotopic (exact) mass is 1040 g/mol. The summed E-state index contributed by atoms with van der Waals surface area (Å²) in [6.07, 6.45) is -8.36. The van der Waals surface area contributed by atoms with Crippen LogP contribution in [0, 0.1) is 50.5 Å². The van der Waals surface area contributed by atoms with Crippen molar-refractivity contribution in [2.75, 3.05) is 20.3 Å². The van der Waals surface area contributed by atoms with Crippen LogP contribution in [0.3, 0.4) is 0 Å². The molecule has 0 spiro atoms. The van der Waals surface area contributed by atoms with Gasteiger partial charge in [0.15, 0.2) is 30.9 Å². The minimum Gasteiger partial charge on any atom is -0.497 e. The maximum absolute atomic E-state index is 14.3. The lowest BCUT2D eigenvalue weighted by Crippen LogP contribution is -2.64. The van der Waals surface area contributed by atoms with Gasteiger partial charge in [-0.2, -0.15) is 0 Å². The minimum absolute atomic E-state index is 0.00654. The van der Waals surface area contributed by atoms with Crippen LogP contribution < -0.4 is 9.47 Å². The van der Waals surface area contributed by atoms with Gasteiger partial charge in [0.25, 0.3) is 5.69 Å². The van der Waals surface area contributed by atoms with Crippen LogP contribution >= 0.6 is 0 Å². The number of carbonyl (C=O) groups excluding carboxylic acids is 4. The minimum atomic E-state index is -1.81. The molecular weight excluding hydrogens is 967 g/mol. The van der Waals surface area contributed by atoms with E-state index in [-0.39, 0.29) is 64.4 Å². The van der Waals surface area contributed by atoms with Crippen molar-refractivity contribution in [2.45, 2.75) is 166 Å². The number of carbonyl (C=O) groups is 4. The summed E-state index contributed by atoms with van der Waals surface area (Å²) in [5.41, 5.74) is -1.70. The van der Waals surface area contributed by atoms with E-state index in [1.54, 1.807) is 6.92 Å². The molecule has 0 bridgehead atoms. The second-order valence-corrected chi connectivity index (χ2v) is 21.9. The first-order valence-corrected chi connectivity index (χ1v) is 25.8. The predicted octanol–water partition coefficient (Wildman–Crippen LogP) is 6.16. The number of aliphatic hydroxyl groups is 4. The molecule has 9 unspecified atom stereocenters. The van der Waals surface area contributed by atoms with Gasteiger partial charge in [-0.1, -0.05) is 46.3 Å². The summed E-state index contributed by atoms with van der Waals surface area (Å²) < 4.78 is 53.3. The Hall–Kier alpha value is -5.06. The number of methoxy groups -OCH3 is 1. The first kappa shape index (κ1) is 55.2. The molecule has 3 saturated carbocycles. The zero-order valence-corrected chi connectivity index (χ0v) is 43.0. The van der Waals surface area contributed by atoms with E-state index in [4.69, 9.17) is 42.6 Å². The zero-order valence-electron chi connectivity index (χ0n) is 43.0. The number of hydrogen-bond acceptors (Lipinski definition) is 19. The molecule has 2 aromatic carbocycles. The number of nitrogens with zero attached hydrogens (tertiary/aromatic N) is 1. The number of hydrogen-bond donors (Lipinski definition) is 4. The Morgan fingerprint density at radius 3 is 2.08 bits per heavy atom. The van der Waals surface area contributed by atoms with Crippen LogP contribution in [0.1, 0.15) is 110 Å². The summed E-state index contributed by atoms with van der Waals surface area (Å²) in [4.78, 5) is 65.1. The van der Waals surface area contributed by atoms with Crippen molar-refractivity contribution in [1.29, 1.82) is 0 Å². The number of fused-ring (bicyclic) bond motifs is 5. The molecule has 4 aliphatic carbocycles. The number of aliphatic hydroxyl groups excluding tert-OH is 3. The Balaban J connectivity index is 1.10. The maximum atomic E-state index is 14.3. The molecule has 2 saturated heterocycles. The lowest BCUT2D eigenvalue weighted by Gasteiger charge is -2.59. The normalized spacial score (nSPS) is 37.0. The van der Waals surface area contributed by atoms with E-state index in [0.29, 0.717) is 37.9 Å². The number of Topliss-reactive ketones (excluding diaryl/α,β-unsaturated/α-hetero) is 1. The first-order valence-electron chi connectivity index (χ1n) is 25.8. The fourth-order valence-corrected chi connectivity index (χ4v) is 13.1. The number of allylic oxidation sites excluding steroid dienone is 1. The molecule has 20 nitrogen and oxygen atoms in total. The molecule has 406 valence electrons. The smallest absolute Gasteiger partial charge is 0.497 e. The van der Waals surface area contributed by atoms with Crippen LogP contribution in [0.2, 0.25) is 0 Å². The average Bonchev–Trinajstić information content (AvgIpc) is 3.59. The molecule has 20 heteroatoms. The molecule has 0 amide bonds. The molecule has 2 heterocycles. The van der Waals surface area contributed by atoms with Crippen LogP contribution in [0.4, 0.5) is 10.5 Å². The fraction of sp³-hybridized carbons (Fsp3) is 0.667. The molecule has 74 heavy (non-hydrogen) atoms. The van der Waals surface area contributed by atoms with Gasteiger partial charge in [-0.3, -0.25) is 19.7 Å². The van der Waals surface area contributed by atoms with Crippen molar-refractivity contribution in [3.05, 3.63) is 75.9 Å². The molecule has 4 N–H and O–H groups in total. The highest BCUT2D eigenvalue weighted by molar-refractivity contribution is 5.89. The molecule has 2 aromatic rings. The van der Waals surface area contributed by atoms with Gasteiger partial charge in [-0.25, -0.2) is 9.59 Å². The molecule has 8 rings (SSSR count). The number of benzene rings is 2. The van der Waals surface area contributed by atoms with Crippen molar-refractivity contribution in [1.82, 2.24) is 0 Å².